The van der Waals surface area contributed by atoms with Gasteiger partial charge in [-0.1, -0.05) is 6.08 Å². The zero-order valence-electron chi connectivity index (χ0n) is 21.8. The van der Waals surface area contributed by atoms with Crippen molar-refractivity contribution in [1.82, 2.24) is 30.4 Å². The summed E-state index contributed by atoms with van der Waals surface area (Å²) in [7, 11) is 1.62. The molecule has 12 nitrogen and oxygen atoms in total. The number of hydrogen-bond acceptors (Lipinski definition) is 10. The van der Waals surface area contributed by atoms with E-state index >= 15 is 0 Å². The second-order valence-electron chi connectivity index (χ2n) is 8.96. The van der Waals surface area contributed by atoms with Crippen LogP contribution in [-0.4, -0.2) is 65.5 Å². The molecule has 0 bridgehead atoms. The minimum atomic E-state index is -0.376. The van der Waals surface area contributed by atoms with E-state index < -0.39 is 0 Å². The number of aromatic nitrogens is 4. The average Bonchev–Trinajstić information content (AvgIpc) is 2.93. The van der Waals surface area contributed by atoms with Gasteiger partial charge in [0, 0.05) is 68.5 Å². The molecule has 2 aromatic heterocycles. The van der Waals surface area contributed by atoms with E-state index in [1.165, 1.54) is 16.9 Å². The van der Waals surface area contributed by atoms with E-state index in [-0.39, 0.29) is 41.4 Å². The number of anilines is 5. The summed E-state index contributed by atoms with van der Waals surface area (Å²) in [5.74, 6) is 1.18. The molecule has 0 saturated carbocycles. The first-order valence-electron chi connectivity index (χ1n) is 12.4. The molecule has 200 valence electrons. The average molecular weight is 520 g/mol. The summed E-state index contributed by atoms with van der Waals surface area (Å²) in [5, 5.41) is 16.8. The number of nitrogens with one attached hydrogen (secondary N) is 4. The maximum Gasteiger partial charge on any atom is 0.267 e. The van der Waals surface area contributed by atoms with Crippen molar-refractivity contribution in [2.75, 3.05) is 55.4 Å². The Bertz CT molecular complexity index is 1350. The van der Waals surface area contributed by atoms with Crippen molar-refractivity contribution in [2.45, 2.75) is 19.9 Å². The molecule has 1 saturated heterocycles. The number of methoxy groups -OCH3 is 1. The first-order chi connectivity index (χ1) is 18.4. The third kappa shape index (κ3) is 6.45. The van der Waals surface area contributed by atoms with Crippen LogP contribution in [0.4, 0.5) is 29.0 Å². The summed E-state index contributed by atoms with van der Waals surface area (Å²) in [6.45, 7) is 11.2. The molecule has 1 fully saturated rings. The third-order valence-corrected chi connectivity index (χ3v) is 5.87. The van der Waals surface area contributed by atoms with Crippen molar-refractivity contribution in [3.05, 3.63) is 65.1 Å². The van der Waals surface area contributed by atoms with Gasteiger partial charge in [0.15, 0.2) is 5.82 Å². The van der Waals surface area contributed by atoms with Crippen LogP contribution in [0.1, 0.15) is 30.2 Å². The molecule has 0 unspecified atom stereocenters. The largest absolute Gasteiger partial charge is 0.497 e. The number of hydrogen-bond donors (Lipinski definition) is 4. The van der Waals surface area contributed by atoms with Gasteiger partial charge in [-0.25, -0.2) is 9.67 Å². The Morgan fingerprint density at radius 1 is 1.21 bits per heavy atom. The van der Waals surface area contributed by atoms with E-state index in [1.807, 2.05) is 32.0 Å². The molecule has 12 heteroatoms. The Balaban J connectivity index is 1.67. The number of rotatable bonds is 10. The van der Waals surface area contributed by atoms with Gasteiger partial charge in [-0.2, -0.15) is 10.1 Å². The zero-order valence-corrected chi connectivity index (χ0v) is 21.8. The van der Waals surface area contributed by atoms with Crippen LogP contribution in [0, 0.1) is 0 Å². The van der Waals surface area contributed by atoms with E-state index in [1.54, 1.807) is 19.3 Å². The molecule has 1 aromatic carbocycles. The normalized spacial score (nSPS) is 13.2. The topological polar surface area (TPSA) is 138 Å². The van der Waals surface area contributed by atoms with Crippen molar-refractivity contribution in [3.63, 3.8) is 0 Å². The summed E-state index contributed by atoms with van der Waals surface area (Å²) in [6, 6.07) is 8.68. The molecule has 0 radical (unpaired) electrons. The number of piperazine rings is 1. The van der Waals surface area contributed by atoms with E-state index in [0.717, 1.165) is 37.6 Å². The van der Waals surface area contributed by atoms with Crippen molar-refractivity contribution in [3.8, 4) is 5.75 Å². The lowest BCUT2D eigenvalue weighted by Gasteiger charge is -2.30. The highest BCUT2D eigenvalue weighted by atomic mass is 16.5. The number of nitrogens with zero attached hydrogens (tertiary/aromatic N) is 5. The number of carbonyl (C=O) groups is 1. The van der Waals surface area contributed by atoms with E-state index in [2.05, 4.69) is 47.8 Å². The lowest BCUT2D eigenvalue weighted by Crippen LogP contribution is -2.43. The van der Waals surface area contributed by atoms with Gasteiger partial charge in [0.2, 0.25) is 5.95 Å². The maximum atomic E-state index is 12.8. The van der Waals surface area contributed by atoms with Gasteiger partial charge < -0.3 is 30.9 Å². The van der Waals surface area contributed by atoms with Gasteiger partial charge in [0.05, 0.1) is 13.2 Å². The Kier molecular flexibility index (Phi) is 8.54. The highest BCUT2D eigenvalue weighted by molar-refractivity contribution is 5.99. The number of amides is 1. The first kappa shape index (κ1) is 26.6. The van der Waals surface area contributed by atoms with E-state index in [4.69, 9.17) is 4.74 Å². The molecule has 3 aromatic rings. The molecule has 4 rings (SSSR count). The van der Waals surface area contributed by atoms with Crippen LogP contribution in [0.15, 0.2) is 54.0 Å². The van der Waals surface area contributed by atoms with Crippen LogP contribution < -0.4 is 36.5 Å². The van der Waals surface area contributed by atoms with Crippen molar-refractivity contribution in [1.29, 1.82) is 0 Å². The maximum absolute atomic E-state index is 12.8. The summed E-state index contributed by atoms with van der Waals surface area (Å²) in [5.41, 5.74) is 1.75. The Hall–Kier alpha value is -4.45. The molecular formula is C26H33N9O3. The lowest BCUT2D eigenvalue weighted by molar-refractivity contribution is 0.0958. The summed E-state index contributed by atoms with van der Waals surface area (Å²) >= 11 is 0. The second kappa shape index (κ2) is 12.2. The van der Waals surface area contributed by atoms with Crippen molar-refractivity contribution >= 4 is 34.9 Å². The smallest absolute Gasteiger partial charge is 0.267 e. The molecule has 1 aliphatic heterocycles. The van der Waals surface area contributed by atoms with Gasteiger partial charge in [-0.3, -0.25) is 9.59 Å². The van der Waals surface area contributed by atoms with Gasteiger partial charge in [0.1, 0.15) is 17.1 Å². The Labute approximate surface area is 221 Å². The van der Waals surface area contributed by atoms with E-state index in [0.29, 0.717) is 11.6 Å². The highest BCUT2D eigenvalue weighted by Crippen LogP contribution is 2.29. The molecule has 0 spiro atoms. The van der Waals surface area contributed by atoms with E-state index in [9.17, 15) is 9.59 Å². The number of carbonyl (C=O) groups excluding carboxylic acids is 1. The predicted octanol–water partition coefficient (Wildman–Crippen LogP) is 2.44. The van der Waals surface area contributed by atoms with Gasteiger partial charge in [-0.05, 0) is 26.0 Å². The van der Waals surface area contributed by atoms with Crippen LogP contribution in [0.3, 0.4) is 0 Å². The minimum Gasteiger partial charge on any atom is -0.497 e. The van der Waals surface area contributed by atoms with Crippen LogP contribution in [0.5, 0.6) is 5.75 Å². The Morgan fingerprint density at radius 2 is 2.00 bits per heavy atom. The second-order valence-corrected chi connectivity index (χ2v) is 8.96. The molecule has 1 amide bonds. The molecule has 0 aliphatic carbocycles. The SMILES string of the molecule is C=CCNC(=O)c1cnc(Nc2cc(OC)cc(N3CCNCC3)c2)nc1Nc1ccc(=O)n(C(C)C)n1. The van der Waals surface area contributed by atoms with Gasteiger partial charge in [0.25, 0.3) is 11.5 Å². The highest BCUT2D eigenvalue weighted by Gasteiger charge is 2.17. The summed E-state index contributed by atoms with van der Waals surface area (Å²) in [4.78, 5) is 36.2. The number of ether oxygens (including phenoxy) is 1. The monoisotopic (exact) mass is 519 g/mol. The third-order valence-electron chi connectivity index (χ3n) is 5.87. The summed E-state index contributed by atoms with van der Waals surface area (Å²) < 4.78 is 6.88. The van der Waals surface area contributed by atoms with Crippen LogP contribution in [0.2, 0.25) is 0 Å². The first-order valence-corrected chi connectivity index (χ1v) is 12.4. The van der Waals surface area contributed by atoms with Crippen LogP contribution in [0.25, 0.3) is 0 Å². The molecule has 0 atom stereocenters. The quantitative estimate of drug-likeness (QED) is 0.295. The molecular weight excluding hydrogens is 486 g/mol. The zero-order chi connectivity index (χ0) is 27.1. The molecule has 38 heavy (non-hydrogen) atoms. The molecule has 3 heterocycles. The lowest BCUT2D eigenvalue weighted by atomic mass is 10.2. The van der Waals surface area contributed by atoms with Crippen molar-refractivity contribution < 1.29 is 9.53 Å². The van der Waals surface area contributed by atoms with Crippen LogP contribution in [-0.2, 0) is 0 Å². The van der Waals surface area contributed by atoms with Crippen LogP contribution >= 0.6 is 0 Å². The standard InChI is InChI=1S/C26H33N9O3/c1-5-8-28-25(37)21-16-29-26(32-24(21)31-22-6-7-23(36)35(33-22)17(2)3)30-18-13-19(15-20(14-18)38-4)34-11-9-27-10-12-34/h5-7,13-17,27H,1,8-12H2,2-4H3,(H,28,37)(H2,29,30,31,32,33). The summed E-state index contributed by atoms with van der Waals surface area (Å²) in [6.07, 6.45) is 3.02. The number of benzene rings is 1. The predicted molar refractivity (Wildman–Crippen MR) is 148 cm³/mol. The Morgan fingerprint density at radius 3 is 2.71 bits per heavy atom. The fourth-order valence-corrected chi connectivity index (χ4v) is 3.95. The van der Waals surface area contributed by atoms with Crippen molar-refractivity contribution in [2.24, 2.45) is 0 Å². The molecule has 1 aliphatic rings. The molecule has 4 N–H and O–H groups in total. The minimum absolute atomic E-state index is 0.139. The van der Waals surface area contributed by atoms with Gasteiger partial charge >= 0.3 is 0 Å². The van der Waals surface area contributed by atoms with Gasteiger partial charge in [-0.15, -0.1) is 6.58 Å². The fraction of sp³-hybridized carbons (Fsp3) is 0.346. The fourth-order valence-electron chi connectivity index (χ4n) is 3.95.